The molecule has 2 aromatic carbocycles. The van der Waals surface area contributed by atoms with E-state index in [1.807, 2.05) is 31.2 Å². The summed E-state index contributed by atoms with van der Waals surface area (Å²) in [6.07, 6.45) is 1.57. The van der Waals surface area contributed by atoms with E-state index in [4.69, 9.17) is 0 Å². The molecule has 0 radical (unpaired) electrons. The SMILES string of the molecule is CCCC(=O)Cn1c2ccccc2c2ccccc21. The van der Waals surface area contributed by atoms with E-state index in [2.05, 4.69) is 28.8 Å². The Labute approximate surface area is 112 Å². The number of hydrogen-bond donors (Lipinski definition) is 0. The number of benzene rings is 2. The summed E-state index contributed by atoms with van der Waals surface area (Å²) in [5.74, 6) is 0.300. The van der Waals surface area contributed by atoms with Gasteiger partial charge in [0.05, 0.1) is 6.54 Å². The first-order valence-corrected chi connectivity index (χ1v) is 6.79. The maximum atomic E-state index is 12.0. The fourth-order valence-corrected chi connectivity index (χ4v) is 2.71. The van der Waals surface area contributed by atoms with Crippen molar-refractivity contribution in [2.75, 3.05) is 0 Å². The van der Waals surface area contributed by atoms with Gasteiger partial charge in [-0.05, 0) is 18.6 Å². The number of hydrogen-bond acceptors (Lipinski definition) is 1. The van der Waals surface area contributed by atoms with Crippen molar-refractivity contribution < 1.29 is 4.79 Å². The van der Waals surface area contributed by atoms with Gasteiger partial charge in [0.2, 0.25) is 0 Å². The van der Waals surface area contributed by atoms with Crippen molar-refractivity contribution >= 4 is 27.6 Å². The topological polar surface area (TPSA) is 22.0 Å². The van der Waals surface area contributed by atoms with E-state index in [-0.39, 0.29) is 0 Å². The van der Waals surface area contributed by atoms with E-state index < -0.39 is 0 Å². The van der Waals surface area contributed by atoms with Crippen LogP contribution in [0.4, 0.5) is 0 Å². The lowest BCUT2D eigenvalue weighted by atomic mass is 10.2. The molecule has 96 valence electrons. The molecule has 3 aromatic rings. The van der Waals surface area contributed by atoms with Crippen LogP contribution in [-0.4, -0.2) is 10.4 Å². The lowest BCUT2D eigenvalue weighted by molar-refractivity contribution is -0.119. The fourth-order valence-electron chi connectivity index (χ4n) is 2.71. The van der Waals surface area contributed by atoms with E-state index in [0.29, 0.717) is 18.7 Å². The van der Waals surface area contributed by atoms with Gasteiger partial charge >= 0.3 is 0 Å². The van der Waals surface area contributed by atoms with Crippen molar-refractivity contribution in [3.8, 4) is 0 Å². The molecule has 2 nitrogen and oxygen atoms in total. The summed E-state index contributed by atoms with van der Waals surface area (Å²) in [5, 5.41) is 2.45. The third kappa shape index (κ3) is 2.03. The van der Waals surface area contributed by atoms with Crippen molar-refractivity contribution in [3.05, 3.63) is 48.5 Å². The summed E-state index contributed by atoms with van der Waals surface area (Å²) < 4.78 is 2.14. The number of fused-ring (bicyclic) bond motifs is 3. The number of carbonyl (C=O) groups excluding carboxylic acids is 1. The molecule has 0 bridgehead atoms. The Kier molecular flexibility index (Phi) is 3.08. The largest absolute Gasteiger partial charge is 0.333 e. The maximum Gasteiger partial charge on any atom is 0.152 e. The molecule has 0 unspecified atom stereocenters. The molecular formula is C17H17NO. The number of carbonyl (C=O) groups is 1. The smallest absolute Gasteiger partial charge is 0.152 e. The van der Waals surface area contributed by atoms with Gasteiger partial charge in [0.1, 0.15) is 0 Å². The summed E-state index contributed by atoms with van der Waals surface area (Å²) in [7, 11) is 0. The van der Waals surface area contributed by atoms with Gasteiger partial charge in [0, 0.05) is 28.2 Å². The normalized spacial score (nSPS) is 11.2. The average Bonchev–Trinajstić information content (AvgIpc) is 2.75. The number of para-hydroxylation sites is 2. The van der Waals surface area contributed by atoms with E-state index in [9.17, 15) is 4.79 Å². The summed E-state index contributed by atoms with van der Waals surface area (Å²) >= 11 is 0. The molecule has 0 amide bonds. The lowest BCUT2D eigenvalue weighted by Crippen LogP contribution is -2.09. The van der Waals surface area contributed by atoms with E-state index in [1.54, 1.807) is 0 Å². The third-order valence-electron chi connectivity index (χ3n) is 3.54. The second-order valence-electron chi connectivity index (χ2n) is 4.91. The van der Waals surface area contributed by atoms with Gasteiger partial charge in [-0.15, -0.1) is 0 Å². The Hall–Kier alpha value is -2.09. The van der Waals surface area contributed by atoms with Gasteiger partial charge in [-0.1, -0.05) is 43.3 Å². The Bertz CT molecular complexity index is 686. The predicted octanol–water partition coefficient (Wildman–Crippen LogP) is 4.16. The van der Waals surface area contributed by atoms with Crippen LogP contribution in [-0.2, 0) is 11.3 Å². The number of Topliss-reactive ketones (excluding diaryl/α,β-unsaturated/α-hetero) is 1. The molecule has 0 aliphatic carbocycles. The molecule has 3 rings (SSSR count). The zero-order valence-electron chi connectivity index (χ0n) is 11.1. The van der Waals surface area contributed by atoms with Crippen LogP contribution >= 0.6 is 0 Å². The second-order valence-corrected chi connectivity index (χ2v) is 4.91. The molecule has 0 saturated heterocycles. The van der Waals surface area contributed by atoms with Crippen LogP contribution < -0.4 is 0 Å². The molecule has 2 heteroatoms. The highest BCUT2D eigenvalue weighted by Gasteiger charge is 2.11. The summed E-state index contributed by atoms with van der Waals surface area (Å²) in [6, 6.07) is 16.6. The number of ketones is 1. The van der Waals surface area contributed by atoms with Crippen LogP contribution in [0.2, 0.25) is 0 Å². The Morgan fingerprint density at radius 3 is 2.00 bits per heavy atom. The number of rotatable bonds is 4. The first-order chi connectivity index (χ1) is 9.31. The highest BCUT2D eigenvalue weighted by Crippen LogP contribution is 2.28. The van der Waals surface area contributed by atoms with E-state index in [1.165, 1.54) is 10.8 Å². The quantitative estimate of drug-likeness (QED) is 0.682. The standard InChI is InChI=1S/C17H17NO/c1-2-7-13(19)12-18-16-10-5-3-8-14(16)15-9-4-6-11-17(15)18/h3-6,8-11H,2,7,12H2,1H3. The van der Waals surface area contributed by atoms with Gasteiger partial charge in [-0.3, -0.25) is 4.79 Å². The molecule has 0 aliphatic rings. The van der Waals surface area contributed by atoms with Crippen molar-refractivity contribution in [3.63, 3.8) is 0 Å². The zero-order chi connectivity index (χ0) is 13.2. The van der Waals surface area contributed by atoms with E-state index >= 15 is 0 Å². The fraction of sp³-hybridized carbons (Fsp3) is 0.235. The monoisotopic (exact) mass is 251 g/mol. The van der Waals surface area contributed by atoms with E-state index in [0.717, 1.165) is 17.5 Å². The second kappa shape index (κ2) is 4.88. The van der Waals surface area contributed by atoms with Crippen molar-refractivity contribution in [2.45, 2.75) is 26.3 Å². The van der Waals surface area contributed by atoms with Crippen LogP contribution in [0.15, 0.2) is 48.5 Å². The first-order valence-electron chi connectivity index (χ1n) is 6.79. The predicted molar refractivity (Wildman–Crippen MR) is 79.4 cm³/mol. The molecule has 0 saturated carbocycles. The van der Waals surface area contributed by atoms with Crippen molar-refractivity contribution in [2.24, 2.45) is 0 Å². The molecule has 0 fully saturated rings. The van der Waals surface area contributed by atoms with Gasteiger partial charge in [-0.25, -0.2) is 0 Å². The third-order valence-corrected chi connectivity index (χ3v) is 3.54. The average molecular weight is 251 g/mol. The molecule has 1 aromatic heterocycles. The van der Waals surface area contributed by atoms with Gasteiger partial charge in [-0.2, -0.15) is 0 Å². The Morgan fingerprint density at radius 2 is 1.47 bits per heavy atom. The van der Waals surface area contributed by atoms with Gasteiger partial charge < -0.3 is 4.57 Å². The number of nitrogens with zero attached hydrogens (tertiary/aromatic N) is 1. The maximum absolute atomic E-state index is 12.0. The van der Waals surface area contributed by atoms with Crippen LogP contribution in [0.5, 0.6) is 0 Å². The molecule has 19 heavy (non-hydrogen) atoms. The highest BCUT2D eigenvalue weighted by molar-refractivity contribution is 6.08. The highest BCUT2D eigenvalue weighted by atomic mass is 16.1. The van der Waals surface area contributed by atoms with Crippen LogP contribution in [0, 0.1) is 0 Å². The summed E-state index contributed by atoms with van der Waals surface area (Å²) in [6.45, 7) is 2.52. The van der Waals surface area contributed by atoms with Gasteiger partial charge in [0.15, 0.2) is 5.78 Å². The molecule has 0 spiro atoms. The number of aromatic nitrogens is 1. The minimum absolute atomic E-state index is 0.300. The van der Waals surface area contributed by atoms with Crippen LogP contribution in [0.3, 0.4) is 0 Å². The van der Waals surface area contributed by atoms with Gasteiger partial charge in [0.25, 0.3) is 0 Å². The minimum atomic E-state index is 0.300. The van der Waals surface area contributed by atoms with Crippen LogP contribution in [0.1, 0.15) is 19.8 Å². The zero-order valence-corrected chi connectivity index (χ0v) is 11.1. The Balaban J connectivity index is 2.22. The first kappa shape index (κ1) is 12.0. The molecule has 0 N–H and O–H groups in total. The van der Waals surface area contributed by atoms with Crippen molar-refractivity contribution in [1.82, 2.24) is 4.57 Å². The van der Waals surface area contributed by atoms with Crippen LogP contribution in [0.25, 0.3) is 21.8 Å². The minimum Gasteiger partial charge on any atom is -0.333 e. The summed E-state index contributed by atoms with van der Waals surface area (Å²) in [4.78, 5) is 12.0. The molecule has 0 atom stereocenters. The molecule has 0 aliphatic heterocycles. The lowest BCUT2D eigenvalue weighted by Gasteiger charge is -2.05. The van der Waals surface area contributed by atoms with Crippen molar-refractivity contribution in [1.29, 1.82) is 0 Å². The molecular weight excluding hydrogens is 234 g/mol. The summed E-state index contributed by atoms with van der Waals surface area (Å²) in [5.41, 5.74) is 2.29. The molecule has 1 heterocycles. The Morgan fingerprint density at radius 1 is 0.947 bits per heavy atom.